The first-order valence-corrected chi connectivity index (χ1v) is 17.1. The Bertz CT molecular complexity index is 2910. The zero-order chi connectivity index (χ0) is 33.7. The maximum Gasteiger partial charge on any atom is 0.164 e. The third-order valence-corrected chi connectivity index (χ3v) is 9.71. The minimum absolute atomic E-state index is 0.610. The highest BCUT2D eigenvalue weighted by atomic mass is 16.3. The van der Waals surface area contributed by atoms with Gasteiger partial charge >= 0.3 is 0 Å². The van der Waals surface area contributed by atoms with Crippen molar-refractivity contribution in [1.29, 1.82) is 0 Å². The van der Waals surface area contributed by atoms with Crippen LogP contribution in [0.4, 0.5) is 0 Å². The summed E-state index contributed by atoms with van der Waals surface area (Å²) in [6, 6.07) is 61.2. The lowest BCUT2D eigenvalue weighted by atomic mass is 10.00. The van der Waals surface area contributed by atoms with E-state index in [9.17, 15) is 0 Å². The molecule has 4 nitrogen and oxygen atoms in total. The number of benzene rings is 8. The van der Waals surface area contributed by atoms with Gasteiger partial charge in [0.25, 0.3) is 0 Å². The Morgan fingerprint density at radius 1 is 0.275 bits per heavy atom. The second-order valence-electron chi connectivity index (χ2n) is 12.9. The second kappa shape index (κ2) is 11.9. The predicted molar refractivity (Wildman–Crippen MR) is 209 cm³/mol. The summed E-state index contributed by atoms with van der Waals surface area (Å²) in [5, 5.41) is 6.84. The summed E-state index contributed by atoms with van der Waals surface area (Å²) in [4.78, 5) is 15.2. The molecule has 0 spiro atoms. The summed E-state index contributed by atoms with van der Waals surface area (Å²) < 4.78 is 6.41. The highest BCUT2D eigenvalue weighted by Crippen LogP contribution is 2.36. The first-order chi connectivity index (χ1) is 25.2. The molecule has 0 aliphatic carbocycles. The van der Waals surface area contributed by atoms with Crippen molar-refractivity contribution in [2.75, 3.05) is 0 Å². The third-order valence-electron chi connectivity index (χ3n) is 9.71. The van der Waals surface area contributed by atoms with E-state index in [-0.39, 0.29) is 0 Å². The molecule has 0 atom stereocenters. The van der Waals surface area contributed by atoms with E-state index in [1.807, 2.05) is 18.2 Å². The Kier molecular flexibility index (Phi) is 6.78. The fourth-order valence-electron chi connectivity index (χ4n) is 7.00. The van der Waals surface area contributed by atoms with Crippen molar-refractivity contribution < 1.29 is 4.42 Å². The quantitative estimate of drug-likeness (QED) is 0.186. The number of fused-ring (bicyclic) bond motifs is 5. The van der Waals surface area contributed by atoms with Gasteiger partial charge in [0.2, 0.25) is 0 Å². The fourth-order valence-corrected chi connectivity index (χ4v) is 7.00. The number of aromatic nitrogens is 3. The predicted octanol–water partition coefficient (Wildman–Crippen LogP) is 12.4. The van der Waals surface area contributed by atoms with Gasteiger partial charge in [0, 0.05) is 27.5 Å². The van der Waals surface area contributed by atoms with Crippen LogP contribution in [0.5, 0.6) is 0 Å². The molecule has 10 aromatic rings. The summed E-state index contributed by atoms with van der Waals surface area (Å²) >= 11 is 0. The highest BCUT2D eigenvalue weighted by Gasteiger charge is 2.16. The average Bonchev–Trinajstić information content (AvgIpc) is 3.58. The molecule has 8 aromatic carbocycles. The lowest BCUT2D eigenvalue weighted by Crippen LogP contribution is -2.00. The number of hydrogen-bond donors (Lipinski definition) is 0. The van der Waals surface area contributed by atoms with Gasteiger partial charge in [-0.05, 0) is 86.3 Å². The molecule has 0 aliphatic rings. The van der Waals surface area contributed by atoms with Crippen molar-refractivity contribution in [3.8, 4) is 56.4 Å². The molecule has 0 saturated carbocycles. The van der Waals surface area contributed by atoms with Gasteiger partial charge in [-0.2, -0.15) is 0 Å². The summed E-state index contributed by atoms with van der Waals surface area (Å²) in [7, 11) is 0. The van der Waals surface area contributed by atoms with Crippen LogP contribution < -0.4 is 0 Å². The first kappa shape index (κ1) is 29.0. The zero-order valence-electron chi connectivity index (χ0n) is 27.5. The second-order valence-corrected chi connectivity index (χ2v) is 12.9. The van der Waals surface area contributed by atoms with Gasteiger partial charge in [-0.3, -0.25) is 0 Å². The summed E-state index contributed by atoms with van der Waals surface area (Å²) in [5.74, 6) is 1.87. The van der Waals surface area contributed by atoms with E-state index in [4.69, 9.17) is 19.4 Å². The Labute approximate surface area is 294 Å². The highest BCUT2D eigenvalue weighted by molar-refractivity contribution is 6.07. The van der Waals surface area contributed by atoms with E-state index < -0.39 is 0 Å². The molecule has 0 amide bonds. The Hall–Kier alpha value is -6.91. The lowest BCUT2D eigenvalue weighted by molar-refractivity contribution is 0.669. The standard InChI is InChI=1S/C47H29N3O/c1-2-8-30(9-3-1)33-14-18-34(19-15-33)45-48-46(39-21-17-32-11-5-7-13-36(32)27-39)50-47(49-45)40-23-25-43-42(28-40)41-24-22-38(29-44(41)51-43)37-20-16-31-10-4-6-12-35(31)26-37/h1-29H. The maximum atomic E-state index is 6.41. The van der Waals surface area contributed by atoms with Crippen molar-refractivity contribution in [2.24, 2.45) is 0 Å². The molecule has 0 saturated heterocycles. The van der Waals surface area contributed by atoms with E-state index in [2.05, 4.69) is 158 Å². The molecule has 238 valence electrons. The number of furan rings is 1. The molecular weight excluding hydrogens is 623 g/mol. The molecule has 2 heterocycles. The molecular formula is C47H29N3O. The van der Waals surface area contributed by atoms with Gasteiger partial charge in [0.1, 0.15) is 11.2 Å². The van der Waals surface area contributed by atoms with E-state index in [0.29, 0.717) is 17.5 Å². The number of rotatable bonds is 5. The van der Waals surface area contributed by atoms with Crippen molar-refractivity contribution in [3.05, 3.63) is 176 Å². The molecule has 0 aliphatic heterocycles. The SMILES string of the molecule is c1ccc(-c2ccc(-c3nc(-c4ccc5ccccc5c4)nc(-c4ccc5oc6cc(-c7ccc8ccccc8c7)ccc6c5c4)n3)cc2)cc1. The van der Waals surface area contributed by atoms with E-state index in [0.717, 1.165) is 60.7 Å². The van der Waals surface area contributed by atoms with Crippen molar-refractivity contribution in [2.45, 2.75) is 0 Å². The third kappa shape index (κ3) is 5.31. The van der Waals surface area contributed by atoms with Gasteiger partial charge < -0.3 is 4.42 Å². The van der Waals surface area contributed by atoms with Crippen LogP contribution in [0.2, 0.25) is 0 Å². The summed E-state index contributed by atoms with van der Waals surface area (Å²) in [6.45, 7) is 0. The molecule has 10 rings (SSSR count). The van der Waals surface area contributed by atoms with Crippen LogP contribution in [0.3, 0.4) is 0 Å². The van der Waals surface area contributed by atoms with Crippen LogP contribution in [0.15, 0.2) is 180 Å². The van der Waals surface area contributed by atoms with Crippen molar-refractivity contribution in [1.82, 2.24) is 15.0 Å². The van der Waals surface area contributed by atoms with E-state index >= 15 is 0 Å². The molecule has 0 radical (unpaired) electrons. The van der Waals surface area contributed by atoms with Crippen LogP contribution in [0.25, 0.3) is 99.9 Å². The minimum atomic E-state index is 0.610. The van der Waals surface area contributed by atoms with Gasteiger partial charge in [-0.15, -0.1) is 0 Å². The topological polar surface area (TPSA) is 51.8 Å². The normalized spacial score (nSPS) is 11.5. The Balaban J connectivity index is 1.08. The summed E-state index contributed by atoms with van der Waals surface area (Å²) in [6.07, 6.45) is 0. The molecule has 4 heteroatoms. The van der Waals surface area contributed by atoms with Crippen LogP contribution in [0, 0.1) is 0 Å². The van der Waals surface area contributed by atoms with Gasteiger partial charge in [-0.1, -0.05) is 133 Å². The fraction of sp³-hybridized carbons (Fsp3) is 0. The molecule has 2 aromatic heterocycles. The molecule has 0 N–H and O–H groups in total. The van der Waals surface area contributed by atoms with Gasteiger partial charge in [0.05, 0.1) is 0 Å². The monoisotopic (exact) mass is 651 g/mol. The Morgan fingerprint density at radius 2 is 0.745 bits per heavy atom. The van der Waals surface area contributed by atoms with Gasteiger partial charge in [0.15, 0.2) is 17.5 Å². The number of nitrogens with zero attached hydrogens (tertiary/aromatic N) is 3. The summed E-state index contributed by atoms with van der Waals surface area (Å²) in [5.41, 5.74) is 9.03. The molecule has 0 unspecified atom stereocenters. The van der Waals surface area contributed by atoms with E-state index in [1.165, 1.54) is 21.7 Å². The first-order valence-electron chi connectivity index (χ1n) is 17.1. The average molecular weight is 652 g/mol. The van der Waals surface area contributed by atoms with Crippen LogP contribution in [-0.4, -0.2) is 15.0 Å². The lowest BCUT2D eigenvalue weighted by Gasteiger charge is -2.10. The molecule has 0 fully saturated rings. The van der Waals surface area contributed by atoms with Crippen LogP contribution in [0.1, 0.15) is 0 Å². The van der Waals surface area contributed by atoms with Crippen molar-refractivity contribution >= 4 is 43.5 Å². The van der Waals surface area contributed by atoms with Gasteiger partial charge in [-0.25, -0.2) is 15.0 Å². The molecule has 51 heavy (non-hydrogen) atoms. The Morgan fingerprint density at radius 3 is 1.45 bits per heavy atom. The number of hydrogen-bond acceptors (Lipinski definition) is 4. The van der Waals surface area contributed by atoms with Crippen LogP contribution >= 0.6 is 0 Å². The largest absolute Gasteiger partial charge is 0.456 e. The van der Waals surface area contributed by atoms with Crippen LogP contribution in [-0.2, 0) is 0 Å². The van der Waals surface area contributed by atoms with Crippen molar-refractivity contribution in [3.63, 3.8) is 0 Å². The zero-order valence-corrected chi connectivity index (χ0v) is 27.5. The minimum Gasteiger partial charge on any atom is -0.456 e. The smallest absolute Gasteiger partial charge is 0.164 e. The molecule has 0 bridgehead atoms. The maximum absolute atomic E-state index is 6.41. The van der Waals surface area contributed by atoms with E-state index in [1.54, 1.807) is 0 Å².